The number of aryl methyl sites for hydroxylation is 1. The molecule has 0 aliphatic carbocycles. The predicted molar refractivity (Wildman–Crippen MR) is 72.8 cm³/mol. The minimum absolute atomic E-state index is 0.466. The number of hydrogen-bond donors (Lipinski definition) is 1. The van der Waals surface area contributed by atoms with Gasteiger partial charge < -0.3 is 15.0 Å². The molecule has 0 aromatic carbocycles. The van der Waals surface area contributed by atoms with Crippen LogP contribution in [-0.4, -0.2) is 48.7 Å². The fraction of sp³-hybridized carbons (Fsp3) is 0.692. The van der Waals surface area contributed by atoms with Gasteiger partial charge in [-0.3, -0.25) is 0 Å². The summed E-state index contributed by atoms with van der Waals surface area (Å²) in [5, 5.41) is 3.34. The van der Waals surface area contributed by atoms with Crippen LogP contribution in [0, 0.1) is 6.92 Å². The van der Waals surface area contributed by atoms with E-state index in [4.69, 9.17) is 4.74 Å². The van der Waals surface area contributed by atoms with Crippen LogP contribution in [0.1, 0.15) is 24.6 Å². The fourth-order valence-corrected chi connectivity index (χ4v) is 1.43. The first-order chi connectivity index (χ1) is 8.63. The molecule has 0 bridgehead atoms. The highest BCUT2D eigenvalue weighted by Gasteiger charge is 2.04. The molecule has 1 aromatic heterocycles. The Hall–Kier alpha value is -1.20. The first-order valence-corrected chi connectivity index (χ1v) is 6.44. The van der Waals surface area contributed by atoms with Crippen molar-refractivity contribution in [2.75, 3.05) is 33.8 Å². The lowest BCUT2D eigenvalue weighted by atomic mass is 10.2. The summed E-state index contributed by atoms with van der Waals surface area (Å²) in [7, 11) is 4.02. The van der Waals surface area contributed by atoms with E-state index in [1.165, 1.54) is 0 Å². The van der Waals surface area contributed by atoms with Crippen molar-refractivity contribution in [2.24, 2.45) is 0 Å². The van der Waals surface area contributed by atoms with E-state index in [1.54, 1.807) is 0 Å². The lowest BCUT2D eigenvalue weighted by molar-refractivity contribution is 0.245. The molecule has 0 spiro atoms. The van der Waals surface area contributed by atoms with Gasteiger partial charge in [0.05, 0.1) is 0 Å². The van der Waals surface area contributed by atoms with Crippen LogP contribution in [0.15, 0.2) is 6.20 Å². The molecule has 0 aliphatic heterocycles. The highest BCUT2D eigenvalue weighted by Crippen LogP contribution is 2.08. The molecule has 18 heavy (non-hydrogen) atoms. The zero-order valence-electron chi connectivity index (χ0n) is 11.9. The molecule has 0 atom stereocenters. The number of ether oxygens (including phenoxy) is 1. The molecule has 5 nitrogen and oxygen atoms in total. The molecular formula is C13H24N4O. The molecule has 0 aliphatic rings. The van der Waals surface area contributed by atoms with Crippen molar-refractivity contribution >= 4 is 0 Å². The van der Waals surface area contributed by atoms with Gasteiger partial charge in [-0.05, 0) is 34.0 Å². The van der Waals surface area contributed by atoms with Gasteiger partial charge in [-0.2, -0.15) is 0 Å². The van der Waals surface area contributed by atoms with Crippen molar-refractivity contribution in [1.82, 2.24) is 20.2 Å². The Morgan fingerprint density at radius 1 is 1.39 bits per heavy atom. The average Bonchev–Trinajstić information content (AvgIpc) is 2.31. The summed E-state index contributed by atoms with van der Waals surface area (Å²) >= 11 is 0. The topological polar surface area (TPSA) is 50.3 Å². The molecule has 0 amide bonds. The molecular weight excluding hydrogens is 228 g/mol. The van der Waals surface area contributed by atoms with Gasteiger partial charge in [0, 0.05) is 30.5 Å². The second-order valence-electron chi connectivity index (χ2n) is 4.59. The summed E-state index contributed by atoms with van der Waals surface area (Å²) in [5.41, 5.74) is 2.11. The van der Waals surface area contributed by atoms with Gasteiger partial charge in [0.25, 0.3) is 0 Å². The largest absolute Gasteiger partial charge is 0.462 e. The van der Waals surface area contributed by atoms with E-state index >= 15 is 0 Å². The fourth-order valence-electron chi connectivity index (χ4n) is 1.43. The Kier molecular flexibility index (Phi) is 6.60. The SMILES string of the molecule is CCCNCc1cnc(OCCN(C)C)nc1C. The molecule has 1 N–H and O–H groups in total. The first-order valence-electron chi connectivity index (χ1n) is 6.44. The highest BCUT2D eigenvalue weighted by molar-refractivity contribution is 5.17. The molecule has 1 aromatic rings. The molecule has 1 rings (SSSR count). The second-order valence-corrected chi connectivity index (χ2v) is 4.59. The van der Waals surface area contributed by atoms with Crippen LogP contribution in [0.3, 0.4) is 0 Å². The van der Waals surface area contributed by atoms with Crippen molar-refractivity contribution in [3.8, 4) is 6.01 Å². The molecule has 1 heterocycles. The van der Waals surface area contributed by atoms with Crippen molar-refractivity contribution < 1.29 is 4.74 Å². The van der Waals surface area contributed by atoms with Crippen molar-refractivity contribution in [2.45, 2.75) is 26.8 Å². The summed E-state index contributed by atoms with van der Waals surface area (Å²) < 4.78 is 5.49. The van der Waals surface area contributed by atoms with E-state index in [-0.39, 0.29) is 0 Å². The lowest BCUT2D eigenvalue weighted by Crippen LogP contribution is -2.20. The molecule has 0 saturated heterocycles. The quantitative estimate of drug-likeness (QED) is 0.705. The third kappa shape index (κ3) is 5.42. The van der Waals surface area contributed by atoms with Crippen LogP contribution in [0.25, 0.3) is 0 Å². The van der Waals surface area contributed by atoms with Gasteiger partial charge in [-0.1, -0.05) is 6.92 Å². The van der Waals surface area contributed by atoms with Crippen LogP contribution in [0.2, 0.25) is 0 Å². The van der Waals surface area contributed by atoms with Crippen LogP contribution in [-0.2, 0) is 6.54 Å². The van der Waals surface area contributed by atoms with Gasteiger partial charge in [0.15, 0.2) is 0 Å². The van der Waals surface area contributed by atoms with Gasteiger partial charge in [-0.15, -0.1) is 0 Å². The monoisotopic (exact) mass is 252 g/mol. The Balaban J connectivity index is 2.45. The van der Waals surface area contributed by atoms with Gasteiger partial charge in [-0.25, -0.2) is 9.97 Å². The first kappa shape index (κ1) is 14.9. The molecule has 102 valence electrons. The van der Waals surface area contributed by atoms with Crippen LogP contribution >= 0.6 is 0 Å². The Morgan fingerprint density at radius 3 is 2.78 bits per heavy atom. The molecule has 5 heteroatoms. The van der Waals surface area contributed by atoms with Crippen molar-refractivity contribution in [3.63, 3.8) is 0 Å². The lowest BCUT2D eigenvalue weighted by Gasteiger charge is -2.11. The Bertz CT molecular complexity index is 355. The number of nitrogens with one attached hydrogen (secondary N) is 1. The van der Waals surface area contributed by atoms with E-state index < -0.39 is 0 Å². The maximum Gasteiger partial charge on any atom is 0.316 e. The third-order valence-electron chi connectivity index (χ3n) is 2.57. The Morgan fingerprint density at radius 2 is 2.17 bits per heavy atom. The van der Waals surface area contributed by atoms with E-state index in [9.17, 15) is 0 Å². The van der Waals surface area contributed by atoms with E-state index in [2.05, 4.69) is 27.1 Å². The van der Waals surface area contributed by atoms with E-state index in [0.29, 0.717) is 12.6 Å². The van der Waals surface area contributed by atoms with Gasteiger partial charge >= 0.3 is 6.01 Å². The van der Waals surface area contributed by atoms with Crippen molar-refractivity contribution in [3.05, 3.63) is 17.5 Å². The maximum atomic E-state index is 5.49. The molecule has 0 fully saturated rings. The highest BCUT2D eigenvalue weighted by atomic mass is 16.5. The van der Waals surface area contributed by atoms with Crippen molar-refractivity contribution in [1.29, 1.82) is 0 Å². The summed E-state index contributed by atoms with van der Waals surface area (Å²) in [6.07, 6.45) is 2.97. The number of nitrogens with zero attached hydrogens (tertiary/aromatic N) is 3. The summed E-state index contributed by atoms with van der Waals surface area (Å²) in [6.45, 7) is 7.45. The van der Waals surface area contributed by atoms with Gasteiger partial charge in [0.2, 0.25) is 0 Å². The second kappa shape index (κ2) is 8.00. The minimum atomic E-state index is 0.466. The number of rotatable bonds is 8. The van der Waals surface area contributed by atoms with Crippen LogP contribution in [0.5, 0.6) is 6.01 Å². The minimum Gasteiger partial charge on any atom is -0.462 e. The molecule has 0 saturated carbocycles. The number of aromatic nitrogens is 2. The number of hydrogen-bond acceptors (Lipinski definition) is 5. The van der Waals surface area contributed by atoms with Gasteiger partial charge in [0.1, 0.15) is 6.61 Å². The third-order valence-corrected chi connectivity index (χ3v) is 2.57. The predicted octanol–water partition coefficient (Wildman–Crippen LogP) is 1.23. The summed E-state index contributed by atoms with van der Waals surface area (Å²) in [4.78, 5) is 10.6. The number of likely N-dealkylation sites (N-methyl/N-ethyl adjacent to an activating group) is 1. The Labute approximate surface area is 110 Å². The zero-order chi connectivity index (χ0) is 13.4. The van der Waals surface area contributed by atoms with E-state index in [0.717, 1.165) is 37.3 Å². The molecule has 0 radical (unpaired) electrons. The molecule has 0 unspecified atom stereocenters. The van der Waals surface area contributed by atoms with Crippen LogP contribution < -0.4 is 10.1 Å². The summed E-state index contributed by atoms with van der Waals surface area (Å²) in [6, 6.07) is 0.466. The summed E-state index contributed by atoms with van der Waals surface area (Å²) in [5.74, 6) is 0. The zero-order valence-corrected chi connectivity index (χ0v) is 11.9. The smallest absolute Gasteiger partial charge is 0.316 e. The normalized spacial score (nSPS) is 10.9. The van der Waals surface area contributed by atoms with Crippen LogP contribution in [0.4, 0.5) is 0 Å². The van der Waals surface area contributed by atoms with E-state index in [1.807, 2.05) is 27.2 Å². The standard InChI is InChI=1S/C13H24N4O/c1-5-6-14-9-12-10-15-13(16-11(12)2)18-8-7-17(3)4/h10,14H,5-9H2,1-4H3. The maximum absolute atomic E-state index is 5.49. The average molecular weight is 252 g/mol.